The smallest absolute Gasteiger partial charge is 0.279 e. The zero-order valence-electron chi connectivity index (χ0n) is 12.9. The van der Waals surface area contributed by atoms with Crippen molar-refractivity contribution in [2.75, 3.05) is 11.6 Å². The van der Waals surface area contributed by atoms with Crippen LogP contribution in [0.1, 0.15) is 27.5 Å². The van der Waals surface area contributed by atoms with Crippen LogP contribution in [0.5, 0.6) is 0 Å². The molecule has 9 heteroatoms. The summed E-state index contributed by atoms with van der Waals surface area (Å²) in [5.74, 6) is 0.233. The number of nitrogens with zero attached hydrogens (tertiary/aromatic N) is 4. The first kappa shape index (κ1) is 15.8. The number of carbonyl (C=O) groups excluding carboxylic acids is 1. The minimum Gasteiger partial charge on any atom is -0.359 e. The topological polar surface area (TPSA) is 85.8 Å². The van der Waals surface area contributed by atoms with Crippen LogP contribution in [0.15, 0.2) is 27.2 Å². The van der Waals surface area contributed by atoms with Gasteiger partial charge in [0, 0.05) is 12.3 Å². The molecule has 120 valence electrons. The molecule has 0 bridgehead atoms. The van der Waals surface area contributed by atoms with Crippen LogP contribution < -0.4 is 5.32 Å². The summed E-state index contributed by atoms with van der Waals surface area (Å²) in [7, 11) is 0. The summed E-state index contributed by atoms with van der Waals surface area (Å²) >= 11 is 3.05. The van der Waals surface area contributed by atoms with E-state index >= 15 is 0 Å². The first-order chi connectivity index (χ1) is 11.0. The molecule has 7 nitrogen and oxygen atoms in total. The number of nitrogens with one attached hydrogen (secondary N) is 1. The lowest BCUT2D eigenvalue weighted by molar-refractivity contribution is 0.101. The zero-order chi connectivity index (χ0) is 16.4. The molecule has 1 N–H and O–H groups in total. The van der Waals surface area contributed by atoms with Crippen LogP contribution in [0.3, 0.4) is 0 Å². The largest absolute Gasteiger partial charge is 0.359 e. The van der Waals surface area contributed by atoms with Crippen molar-refractivity contribution in [2.45, 2.75) is 24.6 Å². The molecule has 0 fully saturated rings. The van der Waals surface area contributed by atoms with E-state index in [0.717, 1.165) is 15.5 Å². The van der Waals surface area contributed by atoms with Crippen LogP contribution in [0.2, 0.25) is 0 Å². The molecule has 3 rings (SSSR count). The lowest BCUT2D eigenvalue weighted by atomic mass is 10.3. The monoisotopic (exact) mass is 349 g/mol. The average Bonchev–Trinajstić information content (AvgIpc) is 3.21. The number of thioether (sulfide) groups is 1. The quantitative estimate of drug-likeness (QED) is 0.713. The van der Waals surface area contributed by atoms with Crippen LogP contribution in [0.4, 0.5) is 5.13 Å². The summed E-state index contributed by atoms with van der Waals surface area (Å²) < 4.78 is 8.00. The van der Waals surface area contributed by atoms with Gasteiger partial charge in [-0.3, -0.25) is 14.8 Å². The van der Waals surface area contributed by atoms with Gasteiger partial charge in [-0.15, -0.1) is 11.8 Å². The van der Waals surface area contributed by atoms with E-state index in [0.29, 0.717) is 17.4 Å². The molecule has 3 aromatic heterocycles. The zero-order valence-corrected chi connectivity index (χ0v) is 14.5. The van der Waals surface area contributed by atoms with Crippen LogP contribution in [0, 0.1) is 13.8 Å². The lowest BCUT2D eigenvalue weighted by Gasteiger charge is -1.96. The number of hydrogen-bond acceptors (Lipinski definition) is 7. The predicted molar refractivity (Wildman–Crippen MR) is 89.2 cm³/mol. The molecule has 0 aliphatic carbocycles. The number of anilines is 1. The molecule has 0 radical (unpaired) electrons. The predicted octanol–water partition coefficient (Wildman–Crippen LogP) is 2.97. The molecule has 0 aromatic carbocycles. The fourth-order valence-corrected chi connectivity index (χ4v) is 3.60. The molecule has 0 aliphatic rings. The minimum absolute atomic E-state index is 0.224. The van der Waals surface area contributed by atoms with Gasteiger partial charge in [-0.05, 0) is 25.7 Å². The Kier molecular flexibility index (Phi) is 4.49. The molecule has 3 aromatic rings. The minimum atomic E-state index is -0.335. The Morgan fingerprint density at radius 1 is 1.48 bits per heavy atom. The van der Waals surface area contributed by atoms with Gasteiger partial charge >= 0.3 is 0 Å². The van der Waals surface area contributed by atoms with Crippen LogP contribution in [-0.2, 0) is 6.54 Å². The van der Waals surface area contributed by atoms with E-state index in [2.05, 4.69) is 20.6 Å². The summed E-state index contributed by atoms with van der Waals surface area (Å²) in [5, 5.41) is 11.3. The van der Waals surface area contributed by atoms with Crippen LogP contribution in [-0.4, -0.2) is 32.1 Å². The first-order valence-electron chi connectivity index (χ1n) is 6.82. The third-order valence-corrected chi connectivity index (χ3v) is 5.32. The summed E-state index contributed by atoms with van der Waals surface area (Å²) in [5.41, 5.74) is 2.20. The maximum atomic E-state index is 12.2. The van der Waals surface area contributed by atoms with E-state index in [1.54, 1.807) is 28.7 Å². The Morgan fingerprint density at radius 3 is 2.96 bits per heavy atom. The second-order valence-electron chi connectivity index (χ2n) is 4.94. The number of amides is 1. The van der Waals surface area contributed by atoms with Crippen molar-refractivity contribution in [3.05, 3.63) is 41.2 Å². The molecule has 0 unspecified atom stereocenters. The second kappa shape index (κ2) is 6.55. The van der Waals surface area contributed by atoms with Crippen molar-refractivity contribution in [2.24, 2.45) is 0 Å². The fourth-order valence-electron chi connectivity index (χ4n) is 1.99. The average molecular weight is 349 g/mol. The van der Waals surface area contributed by atoms with Gasteiger partial charge in [0.15, 0.2) is 16.6 Å². The molecular formula is C14H15N5O2S2. The Morgan fingerprint density at radius 2 is 2.30 bits per heavy atom. The third kappa shape index (κ3) is 3.62. The Labute approximate surface area is 141 Å². The SMILES string of the molecule is CSc1sc(NC(=O)c2cc(Cn3cc(C)cn3)on2)nc1C. The highest BCUT2D eigenvalue weighted by Gasteiger charge is 2.16. The summed E-state index contributed by atoms with van der Waals surface area (Å²) in [4.78, 5) is 16.5. The Balaban J connectivity index is 1.68. The molecule has 23 heavy (non-hydrogen) atoms. The highest BCUT2D eigenvalue weighted by atomic mass is 32.2. The van der Waals surface area contributed by atoms with E-state index in [1.165, 1.54) is 11.3 Å². The van der Waals surface area contributed by atoms with Gasteiger partial charge in [0.2, 0.25) is 0 Å². The van der Waals surface area contributed by atoms with Gasteiger partial charge in [0.05, 0.1) is 16.1 Å². The van der Waals surface area contributed by atoms with E-state index < -0.39 is 0 Å². The third-order valence-electron chi connectivity index (χ3n) is 3.03. The van der Waals surface area contributed by atoms with Crippen LogP contribution >= 0.6 is 23.1 Å². The summed E-state index contributed by atoms with van der Waals surface area (Å²) in [6, 6.07) is 1.61. The van der Waals surface area contributed by atoms with Crippen molar-refractivity contribution in [1.29, 1.82) is 0 Å². The molecule has 0 atom stereocenters. The number of rotatable bonds is 5. The second-order valence-corrected chi connectivity index (χ2v) is 7.02. The lowest BCUT2D eigenvalue weighted by Crippen LogP contribution is -2.12. The first-order valence-corrected chi connectivity index (χ1v) is 8.86. The van der Waals surface area contributed by atoms with Crippen molar-refractivity contribution in [3.63, 3.8) is 0 Å². The van der Waals surface area contributed by atoms with Gasteiger partial charge in [-0.1, -0.05) is 16.5 Å². The number of aromatic nitrogens is 4. The van der Waals surface area contributed by atoms with Crippen molar-refractivity contribution in [3.8, 4) is 0 Å². The van der Waals surface area contributed by atoms with Crippen molar-refractivity contribution < 1.29 is 9.32 Å². The van der Waals surface area contributed by atoms with E-state index in [-0.39, 0.29) is 11.6 Å². The van der Waals surface area contributed by atoms with Gasteiger partial charge in [-0.2, -0.15) is 5.10 Å². The standard InChI is InChI=1S/C14H15N5O2S2/c1-8-5-15-19(6-8)7-10-4-11(18-21-10)12(20)17-14-16-9(2)13(22-3)23-14/h4-6H,7H2,1-3H3,(H,16,17,20). The normalized spacial score (nSPS) is 10.9. The van der Waals surface area contributed by atoms with Gasteiger partial charge < -0.3 is 4.52 Å². The highest BCUT2D eigenvalue weighted by Crippen LogP contribution is 2.30. The molecule has 0 saturated carbocycles. The van der Waals surface area contributed by atoms with E-state index in [9.17, 15) is 4.79 Å². The Hall–Kier alpha value is -2.13. The molecule has 3 heterocycles. The molecule has 0 aliphatic heterocycles. The molecule has 0 spiro atoms. The molecule has 1 amide bonds. The van der Waals surface area contributed by atoms with E-state index in [1.807, 2.05) is 26.3 Å². The van der Waals surface area contributed by atoms with Gasteiger partial charge in [0.1, 0.15) is 6.54 Å². The number of hydrogen-bond donors (Lipinski definition) is 1. The van der Waals surface area contributed by atoms with Crippen molar-refractivity contribution in [1.82, 2.24) is 19.9 Å². The number of thiazole rings is 1. The maximum absolute atomic E-state index is 12.2. The van der Waals surface area contributed by atoms with E-state index in [4.69, 9.17) is 4.52 Å². The molecular weight excluding hydrogens is 334 g/mol. The summed E-state index contributed by atoms with van der Waals surface area (Å²) in [6.45, 7) is 4.31. The maximum Gasteiger partial charge on any atom is 0.279 e. The Bertz CT molecular complexity index is 836. The van der Waals surface area contributed by atoms with Gasteiger partial charge in [-0.25, -0.2) is 4.98 Å². The van der Waals surface area contributed by atoms with Crippen LogP contribution in [0.25, 0.3) is 0 Å². The number of carbonyl (C=O) groups is 1. The molecule has 0 saturated heterocycles. The van der Waals surface area contributed by atoms with Gasteiger partial charge in [0.25, 0.3) is 5.91 Å². The summed E-state index contributed by atoms with van der Waals surface area (Å²) in [6.07, 6.45) is 5.63. The fraction of sp³-hybridized carbons (Fsp3) is 0.286. The van der Waals surface area contributed by atoms with Crippen molar-refractivity contribution >= 4 is 34.1 Å². The highest BCUT2D eigenvalue weighted by molar-refractivity contribution is 8.00. The number of aryl methyl sites for hydroxylation is 2.